The molecule has 1 atom stereocenters. The quantitative estimate of drug-likeness (QED) is 0.735. The van der Waals surface area contributed by atoms with Crippen molar-refractivity contribution >= 4 is 23.3 Å². The topological polar surface area (TPSA) is 32.3 Å². The van der Waals surface area contributed by atoms with E-state index in [1.165, 1.54) is 0 Å². The lowest BCUT2D eigenvalue weighted by Gasteiger charge is -2.31. The second kappa shape index (κ2) is 7.71. The zero-order valence-corrected chi connectivity index (χ0v) is 14.7. The summed E-state index contributed by atoms with van der Waals surface area (Å²) in [6.07, 6.45) is 4.24. The van der Waals surface area contributed by atoms with Crippen molar-refractivity contribution in [1.29, 1.82) is 0 Å². The van der Waals surface area contributed by atoms with E-state index in [9.17, 15) is 4.79 Å². The second-order valence-corrected chi connectivity index (χ2v) is 6.79. The third-order valence-electron chi connectivity index (χ3n) is 4.55. The van der Waals surface area contributed by atoms with Gasteiger partial charge >= 0.3 is 6.03 Å². The van der Waals surface area contributed by atoms with E-state index in [1.54, 1.807) is 0 Å². The molecule has 2 aromatic carbocycles. The highest BCUT2D eigenvalue weighted by Crippen LogP contribution is 2.34. The summed E-state index contributed by atoms with van der Waals surface area (Å²) in [4.78, 5) is 14.8. The number of amides is 2. The van der Waals surface area contributed by atoms with Gasteiger partial charge in [0, 0.05) is 17.3 Å². The van der Waals surface area contributed by atoms with Gasteiger partial charge in [-0.25, -0.2) is 4.79 Å². The lowest BCUT2D eigenvalue weighted by molar-refractivity contribution is 0.189. The first kappa shape index (κ1) is 16.8. The number of urea groups is 1. The van der Waals surface area contributed by atoms with Gasteiger partial charge in [-0.15, -0.1) is 0 Å². The van der Waals surface area contributed by atoms with E-state index >= 15 is 0 Å². The number of hydrogen-bond donors (Lipinski definition) is 1. The summed E-state index contributed by atoms with van der Waals surface area (Å²) in [6, 6.07) is 15.7. The molecule has 0 saturated carbocycles. The molecule has 1 aliphatic rings. The molecule has 0 aliphatic carbocycles. The Hall–Kier alpha value is -2.00. The highest BCUT2D eigenvalue weighted by atomic mass is 35.5. The minimum absolute atomic E-state index is 0.0333. The summed E-state index contributed by atoms with van der Waals surface area (Å²) in [5, 5.41) is 3.78. The van der Waals surface area contributed by atoms with Crippen molar-refractivity contribution in [1.82, 2.24) is 4.90 Å². The maximum absolute atomic E-state index is 12.9. The average Bonchev–Trinajstić information content (AvgIpc) is 2.81. The van der Waals surface area contributed by atoms with Crippen LogP contribution in [0.25, 0.3) is 0 Å². The van der Waals surface area contributed by atoms with Crippen LogP contribution in [-0.4, -0.2) is 17.5 Å². The van der Waals surface area contributed by atoms with E-state index in [-0.39, 0.29) is 12.1 Å². The van der Waals surface area contributed by atoms with Crippen LogP contribution in [0, 0.1) is 6.92 Å². The minimum Gasteiger partial charge on any atom is -0.317 e. The van der Waals surface area contributed by atoms with Crippen LogP contribution in [0.4, 0.5) is 10.5 Å². The van der Waals surface area contributed by atoms with Crippen molar-refractivity contribution in [2.75, 3.05) is 11.9 Å². The largest absolute Gasteiger partial charge is 0.322 e. The minimum atomic E-state index is -0.0487. The highest BCUT2D eigenvalue weighted by Gasteiger charge is 2.28. The standard InChI is InChI=1S/C20H23ClN2O/c1-15-8-7-9-16(14-15)22-20(24)23-13-6-2-3-12-19(23)17-10-4-5-11-18(17)21/h4-5,7-11,14,19H,2-3,6,12-13H2,1H3,(H,22,24)/t19-/m1/s1. The molecular formula is C20H23ClN2O. The molecule has 1 N–H and O–H groups in total. The van der Waals surface area contributed by atoms with Gasteiger partial charge in [-0.3, -0.25) is 0 Å². The van der Waals surface area contributed by atoms with Crippen molar-refractivity contribution in [3.05, 3.63) is 64.7 Å². The molecule has 126 valence electrons. The maximum Gasteiger partial charge on any atom is 0.322 e. The molecule has 1 heterocycles. The Balaban J connectivity index is 1.84. The Labute approximate surface area is 148 Å². The van der Waals surface area contributed by atoms with Crippen LogP contribution < -0.4 is 5.32 Å². The molecule has 1 aliphatic heterocycles. The summed E-state index contributed by atoms with van der Waals surface area (Å²) in [5.41, 5.74) is 3.01. The van der Waals surface area contributed by atoms with E-state index in [1.807, 2.05) is 60.4 Å². The molecule has 0 spiro atoms. The molecule has 1 saturated heterocycles. The number of aryl methyl sites for hydroxylation is 1. The molecule has 4 heteroatoms. The lowest BCUT2D eigenvalue weighted by Crippen LogP contribution is -2.38. The molecule has 0 radical (unpaired) electrons. The average molecular weight is 343 g/mol. The Bertz CT molecular complexity index is 716. The maximum atomic E-state index is 12.9. The fourth-order valence-electron chi connectivity index (χ4n) is 3.34. The summed E-state index contributed by atoms with van der Waals surface area (Å²) in [6.45, 7) is 2.78. The molecule has 24 heavy (non-hydrogen) atoms. The molecule has 2 aromatic rings. The number of halogens is 1. The first-order valence-electron chi connectivity index (χ1n) is 8.54. The van der Waals surface area contributed by atoms with Crippen molar-refractivity contribution < 1.29 is 4.79 Å². The first-order valence-corrected chi connectivity index (χ1v) is 8.91. The Morgan fingerprint density at radius 2 is 1.96 bits per heavy atom. The van der Waals surface area contributed by atoms with Gasteiger partial charge in [-0.05, 0) is 49.1 Å². The molecule has 0 bridgehead atoms. The molecule has 0 aromatic heterocycles. The van der Waals surface area contributed by atoms with Crippen LogP contribution >= 0.6 is 11.6 Å². The number of likely N-dealkylation sites (tertiary alicyclic amines) is 1. The predicted molar refractivity (Wildman–Crippen MR) is 99.6 cm³/mol. The number of rotatable bonds is 2. The number of anilines is 1. The van der Waals surface area contributed by atoms with Crippen molar-refractivity contribution in [2.24, 2.45) is 0 Å². The first-order chi connectivity index (χ1) is 11.6. The van der Waals surface area contributed by atoms with Crippen LogP contribution in [0.15, 0.2) is 48.5 Å². The van der Waals surface area contributed by atoms with Crippen LogP contribution in [0.1, 0.15) is 42.9 Å². The van der Waals surface area contributed by atoms with E-state index in [2.05, 4.69) is 5.32 Å². The number of carbonyl (C=O) groups is 1. The number of nitrogens with zero attached hydrogens (tertiary/aromatic N) is 1. The SMILES string of the molecule is Cc1cccc(NC(=O)N2CCCCC[C@@H]2c2ccccc2Cl)c1. The Morgan fingerprint density at radius 1 is 1.12 bits per heavy atom. The number of nitrogens with one attached hydrogen (secondary N) is 1. The van der Waals surface area contributed by atoms with Gasteiger partial charge in [-0.1, -0.05) is 54.8 Å². The van der Waals surface area contributed by atoms with Crippen LogP contribution in [0.3, 0.4) is 0 Å². The zero-order valence-electron chi connectivity index (χ0n) is 14.0. The summed E-state index contributed by atoms with van der Waals surface area (Å²) in [7, 11) is 0. The van der Waals surface area contributed by atoms with E-state index in [0.29, 0.717) is 0 Å². The van der Waals surface area contributed by atoms with Crippen LogP contribution in [0.2, 0.25) is 5.02 Å². The molecule has 3 rings (SSSR count). The van der Waals surface area contributed by atoms with Gasteiger partial charge in [0.25, 0.3) is 0 Å². The van der Waals surface area contributed by atoms with Crippen molar-refractivity contribution in [3.8, 4) is 0 Å². The number of carbonyl (C=O) groups excluding carboxylic acids is 1. The van der Waals surface area contributed by atoms with Gasteiger partial charge in [0.2, 0.25) is 0 Å². The van der Waals surface area contributed by atoms with Gasteiger partial charge in [-0.2, -0.15) is 0 Å². The summed E-state index contributed by atoms with van der Waals surface area (Å²) in [5.74, 6) is 0. The van der Waals surface area contributed by atoms with Gasteiger partial charge < -0.3 is 10.2 Å². The van der Waals surface area contributed by atoms with Gasteiger partial charge in [0.1, 0.15) is 0 Å². The predicted octanol–water partition coefficient (Wildman–Crippen LogP) is 5.80. The second-order valence-electron chi connectivity index (χ2n) is 6.38. The fourth-order valence-corrected chi connectivity index (χ4v) is 3.60. The smallest absolute Gasteiger partial charge is 0.317 e. The monoisotopic (exact) mass is 342 g/mol. The lowest BCUT2D eigenvalue weighted by atomic mass is 10.0. The molecule has 1 fully saturated rings. The van der Waals surface area contributed by atoms with Crippen LogP contribution in [0.5, 0.6) is 0 Å². The Kier molecular flexibility index (Phi) is 5.41. The normalized spacial score (nSPS) is 18.1. The van der Waals surface area contributed by atoms with E-state index in [4.69, 9.17) is 11.6 Å². The van der Waals surface area contributed by atoms with Crippen molar-refractivity contribution in [2.45, 2.75) is 38.6 Å². The molecule has 3 nitrogen and oxygen atoms in total. The van der Waals surface area contributed by atoms with Crippen molar-refractivity contribution in [3.63, 3.8) is 0 Å². The third-order valence-corrected chi connectivity index (χ3v) is 4.89. The van der Waals surface area contributed by atoms with Crippen LogP contribution in [-0.2, 0) is 0 Å². The zero-order chi connectivity index (χ0) is 16.9. The third kappa shape index (κ3) is 3.90. The number of hydrogen-bond acceptors (Lipinski definition) is 1. The number of benzene rings is 2. The van der Waals surface area contributed by atoms with E-state index in [0.717, 1.165) is 54.1 Å². The molecular weight excluding hydrogens is 320 g/mol. The van der Waals surface area contributed by atoms with Gasteiger partial charge in [0.15, 0.2) is 0 Å². The summed E-state index contributed by atoms with van der Waals surface area (Å²) < 4.78 is 0. The Morgan fingerprint density at radius 3 is 2.75 bits per heavy atom. The molecule has 0 unspecified atom stereocenters. The van der Waals surface area contributed by atoms with E-state index < -0.39 is 0 Å². The van der Waals surface area contributed by atoms with Gasteiger partial charge in [0.05, 0.1) is 6.04 Å². The highest BCUT2D eigenvalue weighted by molar-refractivity contribution is 6.31. The molecule has 2 amide bonds. The fraction of sp³-hybridized carbons (Fsp3) is 0.350. The summed E-state index contributed by atoms with van der Waals surface area (Å²) >= 11 is 6.40.